The predicted octanol–water partition coefficient (Wildman–Crippen LogP) is 4.41. The molecule has 0 aliphatic rings. The van der Waals surface area contributed by atoms with Crippen LogP contribution in [0.1, 0.15) is 11.1 Å². The quantitative estimate of drug-likeness (QED) is 0.347. The number of halogens is 2. The van der Waals surface area contributed by atoms with E-state index in [0.29, 0.717) is 17.1 Å². The van der Waals surface area contributed by atoms with E-state index < -0.39 is 0 Å². The van der Waals surface area contributed by atoms with Gasteiger partial charge in [0.1, 0.15) is 11.5 Å². The molecular formula is C14H12Br2N2O2. The van der Waals surface area contributed by atoms with Gasteiger partial charge in [0.15, 0.2) is 5.84 Å². The number of amidine groups is 1. The van der Waals surface area contributed by atoms with Gasteiger partial charge in [-0.15, -0.1) is 0 Å². The van der Waals surface area contributed by atoms with Gasteiger partial charge in [0, 0.05) is 8.95 Å². The van der Waals surface area contributed by atoms with E-state index in [1.807, 2.05) is 25.1 Å². The van der Waals surface area contributed by atoms with Crippen molar-refractivity contribution in [3.05, 3.63) is 56.5 Å². The summed E-state index contributed by atoms with van der Waals surface area (Å²) >= 11 is 6.79. The van der Waals surface area contributed by atoms with Crippen molar-refractivity contribution in [1.82, 2.24) is 0 Å². The summed E-state index contributed by atoms with van der Waals surface area (Å²) in [5, 5.41) is 11.8. The lowest BCUT2D eigenvalue weighted by molar-refractivity contribution is 0.318. The van der Waals surface area contributed by atoms with Crippen LogP contribution in [0.2, 0.25) is 0 Å². The van der Waals surface area contributed by atoms with Gasteiger partial charge in [-0.1, -0.05) is 37.0 Å². The Morgan fingerprint density at radius 1 is 1.10 bits per heavy atom. The zero-order valence-electron chi connectivity index (χ0n) is 10.6. The van der Waals surface area contributed by atoms with Gasteiger partial charge in [-0.05, 0) is 48.9 Å². The normalized spacial score (nSPS) is 11.4. The molecule has 0 fully saturated rings. The molecule has 0 bridgehead atoms. The van der Waals surface area contributed by atoms with E-state index in [9.17, 15) is 0 Å². The van der Waals surface area contributed by atoms with E-state index in [4.69, 9.17) is 15.7 Å². The van der Waals surface area contributed by atoms with Crippen LogP contribution < -0.4 is 10.5 Å². The summed E-state index contributed by atoms with van der Waals surface area (Å²) in [6.07, 6.45) is 0. The predicted molar refractivity (Wildman–Crippen MR) is 85.6 cm³/mol. The average molecular weight is 400 g/mol. The molecule has 0 radical (unpaired) electrons. The molecule has 0 aromatic heterocycles. The number of aryl methyl sites for hydroxylation is 1. The van der Waals surface area contributed by atoms with Crippen molar-refractivity contribution in [2.45, 2.75) is 6.92 Å². The van der Waals surface area contributed by atoms with Gasteiger partial charge in [-0.25, -0.2) is 0 Å². The molecule has 0 saturated carbocycles. The van der Waals surface area contributed by atoms with Crippen molar-refractivity contribution in [1.29, 1.82) is 0 Å². The van der Waals surface area contributed by atoms with Crippen LogP contribution in [0.5, 0.6) is 11.5 Å². The van der Waals surface area contributed by atoms with Crippen LogP contribution in [0.25, 0.3) is 0 Å². The van der Waals surface area contributed by atoms with Gasteiger partial charge in [0.2, 0.25) is 0 Å². The molecule has 104 valence electrons. The fourth-order valence-electron chi connectivity index (χ4n) is 1.69. The van der Waals surface area contributed by atoms with E-state index in [1.165, 1.54) is 0 Å². The van der Waals surface area contributed by atoms with Crippen molar-refractivity contribution >= 4 is 37.7 Å². The number of oxime groups is 1. The lowest BCUT2D eigenvalue weighted by Gasteiger charge is -2.13. The summed E-state index contributed by atoms with van der Waals surface area (Å²) in [7, 11) is 0. The SMILES string of the molecule is Cc1cc(Br)ccc1Oc1cc(Br)ccc1/C(N)=N/O. The second-order valence-corrected chi connectivity index (χ2v) is 5.97. The monoisotopic (exact) mass is 398 g/mol. The fraction of sp³-hybridized carbons (Fsp3) is 0.0714. The van der Waals surface area contributed by atoms with Crippen LogP contribution >= 0.6 is 31.9 Å². The van der Waals surface area contributed by atoms with Gasteiger partial charge >= 0.3 is 0 Å². The second-order valence-electron chi connectivity index (χ2n) is 4.14. The van der Waals surface area contributed by atoms with Crippen molar-refractivity contribution in [2.24, 2.45) is 10.9 Å². The summed E-state index contributed by atoms with van der Waals surface area (Å²) in [5.74, 6) is 1.22. The highest BCUT2D eigenvalue weighted by atomic mass is 79.9. The lowest BCUT2D eigenvalue weighted by atomic mass is 10.1. The van der Waals surface area contributed by atoms with Crippen LogP contribution in [0.3, 0.4) is 0 Å². The van der Waals surface area contributed by atoms with E-state index in [-0.39, 0.29) is 5.84 Å². The molecule has 0 amide bonds. The van der Waals surface area contributed by atoms with Gasteiger partial charge in [0.05, 0.1) is 5.56 Å². The molecule has 6 heteroatoms. The maximum absolute atomic E-state index is 8.83. The molecule has 0 spiro atoms. The Morgan fingerprint density at radius 3 is 2.40 bits per heavy atom. The number of nitrogens with two attached hydrogens (primary N) is 1. The molecule has 2 aromatic rings. The van der Waals surface area contributed by atoms with E-state index in [0.717, 1.165) is 14.5 Å². The Morgan fingerprint density at radius 2 is 1.75 bits per heavy atom. The third kappa shape index (κ3) is 3.32. The maximum atomic E-state index is 8.83. The number of benzene rings is 2. The molecule has 3 N–H and O–H groups in total. The molecular weight excluding hydrogens is 388 g/mol. The third-order valence-corrected chi connectivity index (χ3v) is 3.67. The van der Waals surface area contributed by atoms with Crippen LogP contribution in [-0.2, 0) is 0 Å². The number of rotatable bonds is 3. The summed E-state index contributed by atoms with van der Waals surface area (Å²) in [4.78, 5) is 0. The highest BCUT2D eigenvalue weighted by Crippen LogP contribution is 2.31. The average Bonchev–Trinajstić information content (AvgIpc) is 2.41. The van der Waals surface area contributed by atoms with Gasteiger partial charge in [-0.3, -0.25) is 0 Å². The Bertz CT molecular complexity index is 672. The zero-order chi connectivity index (χ0) is 14.7. The minimum atomic E-state index is 0.00210. The number of ether oxygens (including phenoxy) is 1. The number of nitrogens with zero attached hydrogens (tertiary/aromatic N) is 1. The number of hydrogen-bond donors (Lipinski definition) is 2. The highest BCUT2D eigenvalue weighted by molar-refractivity contribution is 9.10. The molecule has 0 heterocycles. The van der Waals surface area contributed by atoms with Crippen LogP contribution in [-0.4, -0.2) is 11.0 Å². The van der Waals surface area contributed by atoms with E-state index >= 15 is 0 Å². The van der Waals surface area contributed by atoms with Crippen molar-refractivity contribution in [3.8, 4) is 11.5 Å². The first-order chi connectivity index (χ1) is 9.51. The molecule has 0 atom stereocenters. The molecule has 0 saturated heterocycles. The molecule has 20 heavy (non-hydrogen) atoms. The fourth-order valence-corrected chi connectivity index (χ4v) is 2.51. The Labute approximate surface area is 133 Å². The lowest BCUT2D eigenvalue weighted by Crippen LogP contribution is -2.14. The zero-order valence-corrected chi connectivity index (χ0v) is 13.8. The molecule has 0 aliphatic carbocycles. The maximum Gasteiger partial charge on any atom is 0.173 e. The molecule has 0 unspecified atom stereocenters. The van der Waals surface area contributed by atoms with Gasteiger partial charge < -0.3 is 15.7 Å². The number of hydrogen-bond acceptors (Lipinski definition) is 3. The van der Waals surface area contributed by atoms with Gasteiger partial charge in [0.25, 0.3) is 0 Å². The summed E-state index contributed by atoms with van der Waals surface area (Å²) in [5.41, 5.74) is 7.16. The molecule has 2 rings (SSSR count). The summed E-state index contributed by atoms with van der Waals surface area (Å²) in [6.45, 7) is 1.95. The van der Waals surface area contributed by atoms with Crippen molar-refractivity contribution in [2.75, 3.05) is 0 Å². The first-order valence-corrected chi connectivity index (χ1v) is 7.31. The van der Waals surface area contributed by atoms with Gasteiger partial charge in [-0.2, -0.15) is 0 Å². The largest absolute Gasteiger partial charge is 0.456 e. The van der Waals surface area contributed by atoms with Crippen LogP contribution in [0, 0.1) is 6.92 Å². The second kappa shape index (κ2) is 6.28. The highest BCUT2D eigenvalue weighted by Gasteiger charge is 2.11. The Balaban J connectivity index is 2.44. The minimum absolute atomic E-state index is 0.00210. The first kappa shape index (κ1) is 14.9. The summed E-state index contributed by atoms with van der Waals surface area (Å²) in [6, 6.07) is 11.0. The minimum Gasteiger partial charge on any atom is -0.456 e. The van der Waals surface area contributed by atoms with Crippen molar-refractivity contribution < 1.29 is 9.94 Å². The molecule has 4 nitrogen and oxygen atoms in total. The van der Waals surface area contributed by atoms with Crippen molar-refractivity contribution in [3.63, 3.8) is 0 Å². The van der Waals surface area contributed by atoms with E-state index in [1.54, 1.807) is 18.2 Å². The molecule has 2 aromatic carbocycles. The third-order valence-electron chi connectivity index (χ3n) is 2.68. The van der Waals surface area contributed by atoms with E-state index in [2.05, 4.69) is 37.0 Å². The smallest absolute Gasteiger partial charge is 0.173 e. The molecule has 0 aliphatic heterocycles. The van der Waals surface area contributed by atoms with Crippen LogP contribution in [0.4, 0.5) is 0 Å². The standard InChI is InChI=1S/C14H12Br2N2O2/c1-8-6-9(15)3-5-12(8)20-13-7-10(16)2-4-11(13)14(17)18-19/h2-7,19H,1H3,(H2,17,18). The Hall–Kier alpha value is -1.53. The topological polar surface area (TPSA) is 67.8 Å². The van der Waals surface area contributed by atoms with Crippen LogP contribution in [0.15, 0.2) is 50.5 Å². The summed E-state index contributed by atoms with van der Waals surface area (Å²) < 4.78 is 7.70. The first-order valence-electron chi connectivity index (χ1n) is 5.72. The Kier molecular flexibility index (Phi) is 4.67.